The molecule has 0 aliphatic carbocycles. The summed E-state index contributed by atoms with van der Waals surface area (Å²) < 4.78 is 2.03. The highest BCUT2D eigenvalue weighted by molar-refractivity contribution is 6.01. The molecule has 0 aliphatic rings. The smallest absolute Gasteiger partial charge is 0.309 e. The van der Waals surface area contributed by atoms with Crippen LogP contribution in [0.2, 0.25) is 0 Å². The molecule has 0 aliphatic heterocycles. The van der Waals surface area contributed by atoms with Gasteiger partial charge in [-0.3, -0.25) is 10.1 Å². The first-order chi connectivity index (χ1) is 14.0. The van der Waals surface area contributed by atoms with Gasteiger partial charge in [0.25, 0.3) is 0 Å². The number of carbonyl (C=O) groups excluding carboxylic acids is 2. The highest BCUT2D eigenvalue weighted by Crippen LogP contribution is 2.20. The molecule has 3 rings (SSSR count). The number of hydrogen-bond donors (Lipinski definition) is 2. The van der Waals surface area contributed by atoms with Crippen LogP contribution in [0.15, 0.2) is 48.5 Å². The van der Waals surface area contributed by atoms with E-state index in [2.05, 4.69) is 34.4 Å². The molecular formula is C22H27N5O2. The predicted octanol–water partition coefficient (Wildman–Crippen LogP) is 4.22. The number of urea groups is 1. The van der Waals surface area contributed by atoms with Crippen LogP contribution >= 0.6 is 0 Å². The van der Waals surface area contributed by atoms with Gasteiger partial charge in [-0.15, -0.1) is 0 Å². The van der Waals surface area contributed by atoms with Gasteiger partial charge >= 0.3 is 6.03 Å². The van der Waals surface area contributed by atoms with Gasteiger partial charge in [0.1, 0.15) is 0 Å². The van der Waals surface area contributed by atoms with E-state index in [4.69, 9.17) is 0 Å². The summed E-state index contributed by atoms with van der Waals surface area (Å²) in [6, 6.07) is 14.3. The number of likely N-dealkylation sites (N-methyl/N-ethyl adjacent to an activating group) is 1. The molecular weight excluding hydrogens is 366 g/mol. The topological polar surface area (TPSA) is 79.3 Å². The molecule has 0 saturated carbocycles. The Morgan fingerprint density at radius 3 is 2.52 bits per heavy atom. The van der Waals surface area contributed by atoms with Gasteiger partial charge in [0.05, 0.1) is 11.0 Å². The lowest BCUT2D eigenvalue weighted by molar-refractivity contribution is 0.101. The van der Waals surface area contributed by atoms with E-state index in [0.29, 0.717) is 17.2 Å². The SMILES string of the molecule is CCN(CC)CCn1c(NC(=O)Nc2cccc(C(C)=O)c2)nc2ccccc21. The van der Waals surface area contributed by atoms with Crippen molar-refractivity contribution >= 4 is 34.5 Å². The molecule has 0 fully saturated rings. The Kier molecular flexibility index (Phi) is 6.61. The van der Waals surface area contributed by atoms with E-state index in [1.54, 1.807) is 24.3 Å². The molecule has 7 nitrogen and oxygen atoms in total. The number of Topliss-reactive ketones (excluding diaryl/α,β-unsaturated/α-hetero) is 1. The van der Waals surface area contributed by atoms with Crippen LogP contribution in [0.1, 0.15) is 31.1 Å². The fourth-order valence-electron chi connectivity index (χ4n) is 3.26. The van der Waals surface area contributed by atoms with Crippen LogP contribution in [-0.2, 0) is 6.54 Å². The standard InChI is InChI=1S/C22H27N5O2/c1-4-26(5-2)13-14-27-20-12-7-6-11-19(20)24-21(27)25-22(29)23-18-10-8-9-17(15-18)16(3)28/h6-12,15H,4-5,13-14H2,1-3H3,(H2,23,24,25,29). The van der Waals surface area contributed by atoms with Crippen LogP contribution in [0.25, 0.3) is 11.0 Å². The highest BCUT2D eigenvalue weighted by Gasteiger charge is 2.14. The number of para-hydroxylation sites is 2. The number of anilines is 2. The van der Waals surface area contributed by atoms with Gasteiger partial charge < -0.3 is 14.8 Å². The van der Waals surface area contributed by atoms with Crippen molar-refractivity contribution in [2.75, 3.05) is 30.3 Å². The number of hydrogen-bond acceptors (Lipinski definition) is 4. The number of aromatic nitrogens is 2. The van der Waals surface area contributed by atoms with Crippen LogP contribution in [0.5, 0.6) is 0 Å². The molecule has 2 aromatic carbocycles. The molecule has 0 saturated heterocycles. The average Bonchev–Trinajstić information content (AvgIpc) is 3.06. The summed E-state index contributed by atoms with van der Waals surface area (Å²) in [5, 5.41) is 5.63. The zero-order valence-electron chi connectivity index (χ0n) is 17.1. The summed E-state index contributed by atoms with van der Waals surface area (Å²) in [5.41, 5.74) is 2.92. The Balaban J connectivity index is 1.79. The van der Waals surface area contributed by atoms with Crippen molar-refractivity contribution in [2.24, 2.45) is 0 Å². The largest absolute Gasteiger partial charge is 0.326 e. The predicted molar refractivity (Wildman–Crippen MR) is 117 cm³/mol. The third kappa shape index (κ3) is 5.00. The number of rotatable bonds is 8. The molecule has 1 aromatic heterocycles. The van der Waals surface area contributed by atoms with Gasteiger partial charge in [-0.05, 0) is 44.3 Å². The highest BCUT2D eigenvalue weighted by atomic mass is 16.2. The van der Waals surface area contributed by atoms with Crippen molar-refractivity contribution in [3.63, 3.8) is 0 Å². The van der Waals surface area contributed by atoms with Crippen LogP contribution in [-0.4, -0.2) is 45.9 Å². The molecule has 3 aromatic rings. The summed E-state index contributed by atoms with van der Waals surface area (Å²) in [5.74, 6) is 0.450. The summed E-state index contributed by atoms with van der Waals surface area (Å²) in [6.45, 7) is 9.30. The van der Waals surface area contributed by atoms with Gasteiger partial charge in [0.2, 0.25) is 5.95 Å². The number of ketones is 1. The maximum atomic E-state index is 12.6. The Hall–Kier alpha value is -3.19. The molecule has 2 amide bonds. The lowest BCUT2D eigenvalue weighted by Crippen LogP contribution is -2.28. The van der Waals surface area contributed by atoms with Crippen LogP contribution in [0, 0.1) is 0 Å². The number of imidazole rings is 1. The molecule has 152 valence electrons. The number of benzene rings is 2. The first kappa shape index (κ1) is 20.5. The molecule has 2 N–H and O–H groups in total. The van der Waals surface area contributed by atoms with Crippen molar-refractivity contribution in [3.8, 4) is 0 Å². The first-order valence-electron chi connectivity index (χ1n) is 9.88. The minimum absolute atomic E-state index is 0.0488. The third-order valence-electron chi connectivity index (χ3n) is 4.94. The molecule has 0 spiro atoms. The van der Waals surface area contributed by atoms with Gasteiger partial charge in [0.15, 0.2) is 5.78 Å². The third-order valence-corrected chi connectivity index (χ3v) is 4.94. The van der Waals surface area contributed by atoms with Gasteiger partial charge in [0, 0.05) is 24.3 Å². The van der Waals surface area contributed by atoms with Crippen LogP contribution < -0.4 is 10.6 Å². The molecule has 0 unspecified atom stereocenters. The fraction of sp³-hybridized carbons (Fsp3) is 0.318. The number of nitrogens with one attached hydrogen (secondary N) is 2. The second-order valence-electron chi connectivity index (χ2n) is 6.82. The molecule has 0 radical (unpaired) electrons. The lowest BCUT2D eigenvalue weighted by Gasteiger charge is -2.19. The first-order valence-corrected chi connectivity index (χ1v) is 9.88. The Labute approximate surface area is 170 Å². The number of fused-ring (bicyclic) bond motifs is 1. The zero-order chi connectivity index (χ0) is 20.8. The van der Waals surface area contributed by atoms with E-state index in [0.717, 1.165) is 37.2 Å². The average molecular weight is 393 g/mol. The van der Waals surface area contributed by atoms with Gasteiger partial charge in [-0.1, -0.05) is 38.1 Å². The zero-order valence-corrected chi connectivity index (χ0v) is 17.1. The summed E-state index contributed by atoms with van der Waals surface area (Å²) in [7, 11) is 0. The Bertz CT molecular complexity index is 1010. The maximum absolute atomic E-state index is 12.6. The second kappa shape index (κ2) is 9.34. The lowest BCUT2D eigenvalue weighted by atomic mass is 10.1. The summed E-state index contributed by atoms with van der Waals surface area (Å²) in [4.78, 5) is 31.0. The monoisotopic (exact) mass is 393 g/mol. The van der Waals surface area contributed by atoms with Crippen molar-refractivity contribution in [1.29, 1.82) is 0 Å². The normalized spacial score (nSPS) is 11.0. The van der Waals surface area contributed by atoms with E-state index in [-0.39, 0.29) is 5.78 Å². The minimum atomic E-state index is -0.398. The second-order valence-corrected chi connectivity index (χ2v) is 6.82. The van der Waals surface area contributed by atoms with E-state index >= 15 is 0 Å². The van der Waals surface area contributed by atoms with Gasteiger partial charge in [-0.2, -0.15) is 0 Å². The van der Waals surface area contributed by atoms with E-state index in [1.807, 2.05) is 28.8 Å². The van der Waals surface area contributed by atoms with E-state index in [9.17, 15) is 9.59 Å². The number of amides is 2. The quantitative estimate of drug-likeness (QED) is 0.562. The fourth-order valence-corrected chi connectivity index (χ4v) is 3.26. The number of carbonyl (C=O) groups is 2. The van der Waals surface area contributed by atoms with Crippen molar-refractivity contribution in [1.82, 2.24) is 14.5 Å². The molecule has 29 heavy (non-hydrogen) atoms. The molecule has 0 atom stereocenters. The van der Waals surface area contributed by atoms with Crippen LogP contribution in [0.3, 0.4) is 0 Å². The molecule has 7 heteroatoms. The Morgan fingerprint density at radius 2 is 1.79 bits per heavy atom. The van der Waals surface area contributed by atoms with Crippen molar-refractivity contribution in [3.05, 3.63) is 54.1 Å². The van der Waals surface area contributed by atoms with Crippen molar-refractivity contribution < 1.29 is 9.59 Å². The Morgan fingerprint density at radius 1 is 1.03 bits per heavy atom. The van der Waals surface area contributed by atoms with E-state index in [1.165, 1.54) is 6.92 Å². The van der Waals surface area contributed by atoms with Gasteiger partial charge in [-0.25, -0.2) is 9.78 Å². The molecule has 1 heterocycles. The number of nitrogens with zero attached hydrogens (tertiary/aromatic N) is 3. The van der Waals surface area contributed by atoms with E-state index < -0.39 is 6.03 Å². The summed E-state index contributed by atoms with van der Waals surface area (Å²) in [6.07, 6.45) is 0. The maximum Gasteiger partial charge on any atom is 0.326 e. The molecule has 0 bridgehead atoms. The van der Waals surface area contributed by atoms with Crippen LogP contribution in [0.4, 0.5) is 16.4 Å². The minimum Gasteiger partial charge on any atom is -0.309 e. The van der Waals surface area contributed by atoms with Crippen molar-refractivity contribution in [2.45, 2.75) is 27.3 Å². The summed E-state index contributed by atoms with van der Waals surface area (Å²) >= 11 is 0.